The Morgan fingerprint density at radius 1 is 1.17 bits per heavy atom. The van der Waals surface area contributed by atoms with E-state index >= 15 is 0 Å². The van der Waals surface area contributed by atoms with E-state index in [1.54, 1.807) is 14.2 Å². The average Bonchev–Trinajstić information content (AvgIpc) is 2.81. The monoisotopic (exact) mass is 334 g/mol. The van der Waals surface area contributed by atoms with Gasteiger partial charge >= 0.3 is 5.97 Å². The van der Waals surface area contributed by atoms with Gasteiger partial charge in [0.1, 0.15) is 0 Å². The number of carbonyl (C=O) groups excluding carboxylic acids is 1. The predicted octanol–water partition coefficient (Wildman–Crippen LogP) is 4.41. The van der Waals surface area contributed by atoms with Crippen LogP contribution in [0.5, 0.6) is 11.5 Å². The molecule has 0 amide bonds. The third-order valence-corrected chi connectivity index (χ3v) is 5.59. The van der Waals surface area contributed by atoms with Gasteiger partial charge in [0.15, 0.2) is 11.5 Å². The zero-order valence-electron chi connectivity index (χ0n) is 15.8. The lowest BCUT2D eigenvalue weighted by atomic mass is 9.61. The second-order valence-corrected chi connectivity index (χ2v) is 7.35. The van der Waals surface area contributed by atoms with Crippen molar-refractivity contribution in [1.82, 2.24) is 0 Å². The summed E-state index contributed by atoms with van der Waals surface area (Å²) in [5.74, 6) is 1.32. The summed E-state index contributed by atoms with van der Waals surface area (Å²) >= 11 is 0. The Morgan fingerprint density at radius 2 is 1.88 bits per heavy atom. The number of ether oxygens (including phenoxy) is 3. The Balaban J connectivity index is 2.65. The summed E-state index contributed by atoms with van der Waals surface area (Å²) < 4.78 is 16.6. The van der Waals surface area contributed by atoms with Crippen molar-refractivity contribution in [2.45, 2.75) is 58.8 Å². The normalized spacial score (nSPS) is 22.2. The summed E-state index contributed by atoms with van der Waals surface area (Å²) in [6, 6.07) is 4.12. The van der Waals surface area contributed by atoms with E-state index in [0.29, 0.717) is 13.0 Å². The van der Waals surface area contributed by atoms with Crippen LogP contribution in [0, 0.1) is 12.3 Å². The van der Waals surface area contributed by atoms with Crippen LogP contribution >= 0.6 is 0 Å². The van der Waals surface area contributed by atoms with Crippen molar-refractivity contribution in [2.24, 2.45) is 5.41 Å². The lowest BCUT2D eigenvalue weighted by Gasteiger charge is -2.42. The second kappa shape index (κ2) is 7.04. The molecule has 4 nitrogen and oxygen atoms in total. The minimum Gasteiger partial charge on any atom is -0.493 e. The first kappa shape index (κ1) is 18.6. The van der Waals surface area contributed by atoms with Crippen LogP contribution in [0.15, 0.2) is 12.1 Å². The van der Waals surface area contributed by atoms with E-state index in [9.17, 15) is 4.79 Å². The van der Waals surface area contributed by atoms with Crippen molar-refractivity contribution in [2.75, 3.05) is 20.8 Å². The van der Waals surface area contributed by atoms with Gasteiger partial charge in [-0.3, -0.25) is 4.79 Å². The number of hydrogen-bond donors (Lipinski definition) is 0. The third kappa shape index (κ3) is 3.11. The summed E-state index contributed by atoms with van der Waals surface area (Å²) in [5.41, 5.74) is 1.85. The Labute approximate surface area is 145 Å². The molecule has 0 aromatic heterocycles. The zero-order chi connectivity index (χ0) is 18.0. The SMILES string of the molecule is CCOC(=O)C[C@]1(c2cc(C)cc(OC)c2OC)CCCC1(C)C. The molecule has 4 heteroatoms. The number of aryl methyl sites for hydroxylation is 1. The molecular formula is C20H30O4. The van der Waals surface area contributed by atoms with E-state index in [4.69, 9.17) is 14.2 Å². The summed E-state index contributed by atoms with van der Waals surface area (Å²) in [6.07, 6.45) is 3.48. The maximum Gasteiger partial charge on any atom is 0.306 e. The van der Waals surface area contributed by atoms with Crippen LogP contribution in [0.4, 0.5) is 0 Å². The third-order valence-electron chi connectivity index (χ3n) is 5.59. The van der Waals surface area contributed by atoms with E-state index in [1.165, 1.54) is 0 Å². The summed E-state index contributed by atoms with van der Waals surface area (Å²) in [6.45, 7) is 8.79. The highest BCUT2D eigenvalue weighted by Crippen LogP contribution is 2.59. The molecule has 1 fully saturated rings. The number of hydrogen-bond acceptors (Lipinski definition) is 4. The van der Waals surface area contributed by atoms with Crippen LogP contribution < -0.4 is 9.47 Å². The summed E-state index contributed by atoms with van der Waals surface area (Å²) in [4.78, 5) is 12.4. The fraction of sp³-hybridized carbons (Fsp3) is 0.650. The summed E-state index contributed by atoms with van der Waals surface area (Å²) in [7, 11) is 3.32. The Morgan fingerprint density at radius 3 is 2.38 bits per heavy atom. The molecule has 0 N–H and O–H groups in total. The van der Waals surface area contributed by atoms with Crippen molar-refractivity contribution in [3.63, 3.8) is 0 Å². The second-order valence-electron chi connectivity index (χ2n) is 7.35. The van der Waals surface area contributed by atoms with Gasteiger partial charge in [-0.15, -0.1) is 0 Å². The lowest BCUT2D eigenvalue weighted by molar-refractivity contribution is -0.145. The molecule has 0 spiro atoms. The highest BCUT2D eigenvalue weighted by molar-refractivity contribution is 5.73. The van der Waals surface area contributed by atoms with Crippen molar-refractivity contribution in [3.05, 3.63) is 23.3 Å². The number of carbonyl (C=O) groups is 1. The van der Waals surface area contributed by atoms with Gasteiger partial charge in [0.2, 0.25) is 0 Å². The van der Waals surface area contributed by atoms with Crippen LogP contribution in [0.3, 0.4) is 0 Å². The molecule has 1 saturated carbocycles. The molecule has 1 aromatic carbocycles. The fourth-order valence-corrected chi connectivity index (χ4v) is 4.25. The highest BCUT2D eigenvalue weighted by atomic mass is 16.5. The van der Waals surface area contributed by atoms with E-state index in [-0.39, 0.29) is 16.8 Å². The van der Waals surface area contributed by atoms with Crippen LogP contribution in [0.25, 0.3) is 0 Å². The minimum absolute atomic E-state index is 0.0220. The predicted molar refractivity (Wildman–Crippen MR) is 94.8 cm³/mol. The van der Waals surface area contributed by atoms with Crippen LogP contribution in [-0.4, -0.2) is 26.8 Å². The van der Waals surface area contributed by atoms with Gasteiger partial charge in [0.05, 0.1) is 27.2 Å². The maximum absolute atomic E-state index is 12.4. The molecule has 0 saturated heterocycles. The number of esters is 1. The first-order chi connectivity index (χ1) is 11.3. The van der Waals surface area contributed by atoms with E-state index in [1.807, 2.05) is 19.9 Å². The van der Waals surface area contributed by atoms with Crippen molar-refractivity contribution < 1.29 is 19.0 Å². The summed E-state index contributed by atoms with van der Waals surface area (Å²) in [5, 5.41) is 0. The Bertz CT molecular complexity index is 606. The smallest absolute Gasteiger partial charge is 0.306 e. The van der Waals surface area contributed by atoms with Gasteiger partial charge in [-0.05, 0) is 43.7 Å². The van der Waals surface area contributed by atoms with E-state index in [2.05, 4.69) is 19.9 Å². The van der Waals surface area contributed by atoms with Gasteiger partial charge < -0.3 is 14.2 Å². The maximum atomic E-state index is 12.4. The Hall–Kier alpha value is -1.71. The molecule has 1 aliphatic carbocycles. The topological polar surface area (TPSA) is 44.8 Å². The average molecular weight is 334 g/mol. The van der Waals surface area contributed by atoms with E-state index in [0.717, 1.165) is 41.9 Å². The molecule has 0 bridgehead atoms. The lowest BCUT2D eigenvalue weighted by Crippen LogP contribution is -2.40. The largest absolute Gasteiger partial charge is 0.493 e. The molecule has 0 unspecified atom stereocenters. The van der Waals surface area contributed by atoms with Gasteiger partial charge in [-0.25, -0.2) is 0 Å². The van der Waals surface area contributed by atoms with Crippen LogP contribution in [0.2, 0.25) is 0 Å². The molecule has 0 radical (unpaired) electrons. The fourth-order valence-electron chi connectivity index (χ4n) is 4.25. The van der Waals surface area contributed by atoms with Crippen molar-refractivity contribution >= 4 is 5.97 Å². The molecule has 2 rings (SSSR count). The first-order valence-electron chi connectivity index (χ1n) is 8.70. The van der Waals surface area contributed by atoms with Crippen molar-refractivity contribution in [3.8, 4) is 11.5 Å². The van der Waals surface area contributed by atoms with Crippen molar-refractivity contribution in [1.29, 1.82) is 0 Å². The number of benzene rings is 1. The van der Waals surface area contributed by atoms with E-state index < -0.39 is 0 Å². The zero-order valence-corrected chi connectivity index (χ0v) is 15.8. The van der Waals surface area contributed by atoms with Gasteiger partial charge in [0.25, 0.3) is 0 Å². The van der Waals surface area contributed by atoms with Gasteiger partial charge in [0, 0.05) is 11.0 Å². The molecular weight excluding hydrogens is 304 g/mol. The Kier molecular flexibility index (Phi) is 5.46. The standard InChI is InChI=1S/C20H30O4/c1-7-24-17(21)13-20(10-8-9-19(20,3)4)15-11-14(2)12-16(22-5)18(15)23-6/h11-12H,7-10,13H2,1-6H3/t20-/m0/s1. The highest BCUT2D eigenvalue weighted by Gasteiger charge is 2.53. The van der Waals surface area contributed by atoms with Gasteiger partial charge in [-0.2, -0.15) is 0 Å². The molecule has 0 aliphatic heterocycles. The number of methoxy groups -OCH3 is 2. The molecule has 0 heterocycles. The molecule has 1 atom stereocenters. The molecule has 134 valence electrons. The number of rotatable bonds is 6. The molecule has 24 heavy (non-hydrogen) atoms. The molecule has 1 aromatic rings. The van der Waals surface area contributed by atoms with Gasteiger partial charge in [-0.1, -0.05) is 26.3 Å². The quantitative estimate of drug-likeness (QED) is 0.723. The molecule has 1 aliphatic rings. The minimum atomic E-state index is -0.302. The van der Waals surface area contributed by atoms with Crippen LogP contribution in [0.1, 0.15) is 57.6 Å². The first-order valence-corrected chi connectivity index (χ1v) is 8.70. The van der Waals surface area contributed by atoms with Crippen LogP contribution in [-0.2, 0) is 14.9 Å².